The number of amides is 1. The molecule has 24 heavy (non-hydrogen) atoms. The van der Waals surface area contributed by atoms with E-state index in [0.717, 1.165) is 30.5 Å². The van der Waals surface area contributed by atoms with E-state index >= 15 is 0 Å². The Morgan fingerprint density at radius 3 is 3.08 bits per heavy atom. The van der Waals surface area contributed by atoms with Crippen LogP contribution in [-0.2, 0) is 24.4 Å². The number of furan rings is 1. The zero-order chi connectivity index (χ0) is 16.9. The largest absolute Gasteiger partial charge is 0.467 e. The lowest BCUT2D eigenvalue weighted by atomic mass is 10.3. The first kappa shape index (κ1) is 16.2. The molecule has 3 rings (SSSR count). The van der Waals surface area contributed by atoms with E-state index in [1.165, 1.54) is 0 Å². The topological polar surface area (TPSA) is 91.2 Å². The molecule has 8 heteroatoms. The molecule has 126 valence electrons. The average molecular weight is 328 g/mol. The van der Waals surface area contributed by atoms with Crippen molar-refractivity contribution in [2.75, 3.05) is 19.6 Å². The number of nitrogens with zero attached hydrogens (tertiary/aromatic N) is 6. The van der Waals surface area contributed by atoms with Gasteiger partial charge in [0.2, 0.25) is 5.91 Å². The zero-order valence-corrected chi connectivity index (χ0v) is 13.7. The molecule has 2 aromatic heterocycles. The first-order valence-electron chi connectivity index (χ1n) is 7.95. The molecule has 0 atom stereocenters. The Labute approximate surface area is 140 Å². The van der Waals surface area contributed by atoms with Crippen molar-refractivity contribution in [3.63, 3.8) is 0 Å². The van der Waals surface area contributed by atoms with Crippen molar-refractivity contribution < 1.29 is 9.21 Å². The van der Waals surface area contributed by atoms with Crippen molar-refractivity contribution in [1.82, 2.24) is 24.6 Å². The van der Waals surface area contributed by atoms with Crippen molar-refractivity contribution in [1.29, 1.82) is 5.26 Å². The summed E-state index contributed by atoms with van der Waals surface area (Å²) in [5.74, 6) is 2.51. The third kappa shape index (κ3) is 3.63. The molecule has 3 heterocycles. The van der Waals surface area contributed by atoms with Crippen LogP contribution in [0.1, 0.15) is 23.8 Å². The van der Waals surface area contributed by atoms with Crippen LogP contribution in [-0.4, -0.2) is 50.1 Å². The van der Waals surface area contributed by atoms with Crippen LogP contribution in [0.25, 0.3) is 0 Å². The average Bonchev–Trinajstić information content (AvgIpc) is 3.21. The predicted molar refractivity (Wildman–Crippen MR) is 84.4 cm³/mol. The Hall–Kier alpha value is -2.66. The van der Waals surface area contributed by atoms with Gasteiger partial charge in [-0.05, 0) is 19.1 Å². The molecule has 1 aliphatic heterocycles. The van der Waals surface area contributed by atoms with E-state index in [2.05, 4.69) is 25.7 Å². The van der Waals surface area contributed by atoms with Crippen molar-refractivity contribution >= 4 is 5.91 Å². The Bertz CT molecular complexity index is 730. The molecule has 0 aliphatic carbocycles. The maximum atomic E-state index is 12.7. The molecule has 0 N–H and O–H groups in total. The number of carbonyl (C=O) groups excluding carboxylic acids is 1. The molecule has 0 saturated carbocycles. The van der Waals surface area contributed by atoms with Crippen LogP contribution in [0.2, 0.25) is 0 Å². The van der Waals surface area contributed by atoms with Crippen LogP contribution in [0.15, 0.2) is 22.8 Å². The van der Waals surface area contributed by atoms with Gasteiger partial charge in [0, 0.05) is 19.6 Å². The molecule has 0 saturated heterocycles. The van der Waals surface area contributed by atoms with Gasteiger partial charge in [0.25, 0.3) is 0 Å². The van der Waals surface area contributed by atoms with Crippen LogP contribution in [0.5, 0.6) is 0 Å². The molecule has 2 aromatic rings. The number of aryl methyl sites for hydroxylation is 1. The monoisotopic (exact) mass is 328 g/mol. The first-order valence-corrected chi connectivity index (χ1v) is 7.95. The van der Waals surface area contributed by atoms with Gasteiger partial charge in [0.05, 0.1) is 38.4 Å². The van der Waals surface area contributed by atoms with Crippen molar-refractivity contribution in [3.8, 4) is 6.07 Å². The summed E-state index contributed by atoms with van der Waals surface area (Å²) in [6.45, 7) is 5.21. The van der Waals surface area contributed by atoms with Crippen LogP contribution in [0.4, 0.5) is 0 Å². The third-order valence-corrected chi connectivity index (χ3v) is 4.15. The summed E-state index contributed by atoms with van der Waals surface area (Å²) in [5, 5.41) is 17.1. The lowest BCUT2D eigenvalue weighted by Gasteiger charge is -2.29. The highest BCUT2D eigenvalue weighted by Gasteiger charge is 2.24. The van der Waals surface area contributed by atoms with Crippen molar-refractivity contribution in [2.24, 2.45) is 0 Å². The number of fused-ring (bicyclic) bond motifs is 1. The minimum atomic E-state index is -0.00802. The summed E-state index contributed by atoms with van der Waals surface area (Å²) in [6.07, 6.45) is 1.89. The highest BCUT2D eigenvalue weighted by Crippen LogP contribution is 2.13. The second-order valence-corrected chi connectivity index (χ2v) is 5.83. The van der Waals surface area contributed by atoms with Crippen LogP contribution >= 0.6 is 0 Å². The van der Waals surface area contributed by atoms with Crippen LogP contribution < -0.4 is 0 Å². The number of hydrogen-bond acceptors (Lipinski definition) is 6. The molecular formula is C16H20N6O2. The normalized spacial score (nSPS) is 14.2. The maximum absolute atomic E-state index is 12.7. The zero-order valence-electron chi connectivity index (χ0n) is 13.7. The van der Waals surface area contributed by atoms with Gasteiger partial charge in [0.15, 0.2) is 0 Å². The highest BCUT2D eigenvalue weighted by molar-refractivity contribution is 5.78. The van der Waals surface area contributed by atoms with E-state index in [1.54, 1.807) is 17.2 Å². The van der Waals surface area contributed by atoms with E-state index in [4.69, 9.17) is 9.68 Å². The second-order valence-electron chi connectivity index (χ2n) is 5.83. The number of aromatic nitrogens is 3. The van der Waals surface area contributed by atoms with E-state index < -0.39 is 0 Å². The SMILES string of the molecule is Cc1nnc2n1CCN(CC(=O)N(CCC#N)Cc1ccco1)C2. The van der Waals surface area contributed by atoms with Crippen molar-refractivity contribution in [2.45, 2.75) is 33.0 Å². The highest BCUT2D eigenvalue weighted by atomic mass is 16.3. The van der Waals surface area contributed by atoms with Gasteiger partial charge in [-0.25, -0.2) is 0 Å². The Morgan fingerprint density at radius 2 is 2.33 bits per heavy atom. The Kier molecular flexibility index (Phi) is 4.91. The summed E-state index contributed by atoms with van der Waals surface area (Å²) in [4.78, 5) is 16.4. The molecule has 1 amide bonds. The fraction of sp³-hybridized carbons (Fsp3) is 0.500. The lowest BCUT2D eigenvalue weighted by molar-refractivity contribution is -0.133. The minimum Gasteiger partial charge on any atom is -0.467 e. The molecule has 0 spiro atoms. The molecule has 0 fully saturated rings. The van der Waals surface area contributed by atoms with E-state index in [0.29, 0.717) is 32.6 Å². The molecule has 0 aromatic carbocycles. The lowest BCUT2D eigenvalue weighted by Crippen LogP contribution is -2.43. The standard InChI is InChI=1S/C16H20N6O2/c1-13-18-19-15-11-20(7-8-22(13)15)12-16(23)21(6-3-5-17)10-14-4-2-9-24-14/h2,4,9H,3,6-8,10-12H2,1H3. The fourth-order valence-electron chi connectivity index (χ4n) is 2.85. The Balaban J connectivity index is 1.61. The van der Waals surface area contributed by atoms with Crippen molar-refractivity contribution in [3.05, 3.63) is 35.8 Å². The Morgan fingerprint density at radius 1 is 1.46 bits per heavy atom. The fourth-order valence-corrected chi connectivity index (χ4v) is 2.85. The van der Waals surface area contributed by atoms with E-state index in [1.807, 2.05) is 13.0 Å². The van der Waals surface area contributed by atoms with E-state index in [9.17, 15) is 4.79 Å². The van der Waals surface area contributed by atoms with Gasteiger partial charge in [-0.2, -0.15) is 5.26 Å². The van der Waals surface area contributed by atoms with Gasteiger partial charge < -0.3 is 13.9 Å². The number of nitriles is 1. The van der Waals surface area contributed by atoms with Gasteiger partial charge in [-0.15, -0.1) is 10.2 Å². The van der Waals surface area contributed by atoms with Crippen LogP contribution in [0.3, 0.4) is 0 Å². The number of rotatable bonds is 6. The molecule has 0 unspecified atom stereocenters. The van der Waals surface area contributed by atoms with Gasteiger partial charge in [-0.3, -0.25) is 9.69 Å². The summed E-state index contributed by atoms with van der Waals surface area (Å²) in [5.41, 5.74) is 0. The molecule has 0 bridgehead atoms. The van der Waals surface area contributed by atoms with Crippen LogP contribution in [0, 0.1) is 18.3 Å². The molecule has 8 nitrogen and oxygen atoms in total. The molecule has 1 aliphatic rings. The molecular weight excluding hydrogens is 308 g/mol. The predicted octanol–water partition coefficient (Wildman–Crippen LogP) is 0.938. The smallest absolute Gasteiger partial charge is 0.237 e. The summed E-state index contributed by atoms with van der Waals surface area (Å²) < 4.78 is 7.40. The molecule has 0 radical (unpaired) electrons. The number of carbonyl (C=O) groups is 1. The number of hydrogen-bond donors (Lipinski definition) is 0. The summed E-state index contributed by atoms with van der Waals surface area (Å²) in [6, 6.07) is 5.72. The van der Waals surface area contributed by atoms with Gasteiger partial charge >= 0.3 is 0 Å². The van der Waals surface area contributed by atoms with Gasteiger partial charge in [0.1, 0.15) is 17.4 Å². The first-order chi connectivity index (χ1) is 11.7. The summed E-state index contributed by atoms with van der Waals surface area (Å²) >= 11 is 0. The quantitative estimate of drug-likeness (QED) is 0.783. The minimum absolute atomic E-state index is 0.00802. The van der Waals surface area contributed by atoms with Gasteiger partial charge in [-0.1, -0.05) is 0 Å². The second kappa shape index (κ2) is 7.27. The maximum Gasteiger partial charge on any atom is 0.237 e. The third-order valence-electron chi connectivity index (χ3n) is 4.15. The van der Waals surface area contributed by atoms with E-state index in [-0.39, 0.29) is 5.91 Å². The summed E-state index contributed by atoms with van der Waals surface area (Å²) in [7, 11) is 0.